The monoisotopic (exact) mass is 494 g/mol. The van der Waals surface area contributed by atoms with Crippen LogP contribution in [-0.4, -0.2) is 22.7 Å². The van der Waals surface area contributed by atoms with Gasteiger partial charge in [-0.1, -0.05) is 62.7 Å². The summed E-state index contributed by atoms with van der Waals surface area (Å²) in [6.45, 7) is 5.58. The standard InChI is InChI=1S/C26H27ClF4N2O/c1-24(2,3)23(34)16-33-25(14-17-7-5-4-6-8-17,22-10-9-20(27)15-32-22)18-11-19(26(29,30)31)13-21(28)12-18/h4-13,15,23,33-34H,14,16H2,1-3H3/t23?,25-/m0/s1. The van der Waals surface area contributed by atoms with Crippen LogP contribution in [-0.2, 0) is 18.1 Å². The Hall–Kier alpha value is -2.48. The quantitative estimate of drug-likeness (QED) is 0.375. The second-order valence-electron chi connectivity index (χ2n) is 9.42. The van der Waals surface area contributed by atoms with E-state index in [1.165, 1.54) is 6.20 Å². The minimum absolute atomic E-state index is 0.0263. The minimum Gasteiger partial charge on any atom is -0.391 e. The number of aromatic nitrogens is 1. The highest BCUT2D eigenvalue weighted by Crippen LogP contribution is 2.38. The molecule has 0 bridgehead atoms. The van der Waals surface area contributed by atoms with Crippen LogP contribution in [0.1, 0.15) is 43.2 Å². The molecule has 0 fully saturated rings. The number of benzene rings is 2. The van der Waals surface area contributed by atoms with Gasteiger partial charge in [-0.15, -0.1) is 0 Å². The molecule has 0 spiro atoms. The van der Waals surface area contributed by atoms with E-state index in [0.29, 0.717) is 16.8 Å². The molecule has 1 aromatic heterocycles. The van der Waals surface area contributed by atoms with Gasteiger partial charge in [0.15, 0.2) is 0 Å². The Balaban J connectivity index is 2.26. The van der Waals surface area contributed by atoms with Crippen molar-refractivity contribution in [3.63, 3.8) is 0 Å². The Kier molecular flexibility index (Phi) is 7.70. The van der Waals surface area contributed by atoms with Gasteiger partial charge < -0.3 is 5.11 Å². The normalized spacial score (nSPS) is 15.1. The van der Waals surface area contributed by atoms with Crippen LogP contribution in [0.5, 0.6) is 0 Å². The van der Waals surface area contributed by atoms with E-state index >= 15 is 0 Å². The molecule has 34 heavy (non-hydrogen) atoms. The third kappa shape index (κ3) is 6.14. The van der Waals surface area contributed by atoms with E-state index in [0.717, 1.165) is 17.7 Å². The predicted molar refractivity (Wildman–Crippen MR) is 125 cm³/mol. The number of hydrogen-bond acceptors (Lipinski definition) is 3. The Morgan fingerprint density at radius 2 is 1.62 bits per heavy atom. The molecule has 0 aliphatic rings. The number of alkyl halides is 3. The van der Waals surface area contributed by atoms with Crippen molar-refractivity contribution in [1.29, 1.82) is 0 Å². The van der Waals surface area contributed by atoms with Crippen molar-refractivity contribution in [3.05, 3.63) is 100 Å². The van der Waals surface area contributed by atoms with Crippen molar-refractivity contribution in [2.45, 2.75) is 45.0 Å². The molecule has 0 saturated heterocycles. The first-order valence-electron chi connectivity index (χ1n) is 10.8. The highest BCUT2D eigenvalue weighted by atomic mass is 35.5. The molecule has 1 unspecified atom stereocenters. The van der Waals surface area contributed by atoms with Gasteiger partial charge >= 0.3 is 6.18 Å². The minimum atomic E-state index is -4.74. The SMILES string of the molecule is CC(C)(C)C(O)CN[C@@](Cc1ccccc1)(c1cc(F)cc(C(F)(F)F)c1)c1ccc(Cl)cn1. The Morgan fingerprint density at radius 3 is 2.18 bits per heavy atom. The summed E-state index contributed by atoms with van der Waals surface area (Å²) in [5.41, 5.74) is -1.82. The lowest BCUT2D eigenvalue weighted by molar-refractivity contribution is -0.137. The molecule has 2 N–H and O–H groups in total. The van der Waals surface area contributed by atoms with Crippen LogP contribution < -0.4 is 5.32 Å². The van der Waals surface area contributed by atoms with Gasteiger partial charge in [0.2, 0.25) is 0 Å². The Morgan fingerprint density at radius 1 is 0.971 bits per heavy atom. The summed E-state index contributed by atoms with van der Waals surface area (Å²) in [7, 11) is 0. The van der Waals surface area contributed by atoms with Crippen molar-refractivity contribution in [1.82, 2.24) is 10.3 Å². The molecule has 3 aromatic rings. The fourth-order valence-corrected chi connectivity index (χ4v) is 3.81. The van der Waals surface area contributed by atoms with E-state index in [2.05, 4.69) is 10.3 Å². The maximum atomic E-state index is 14.6. The second kappa shape index (κ2) is 10.0. The van der Waals surface area contributed by atoms with Crippen molar-refractivity contribution >= 4 is 11.6 Å². The average Bonchev–Trinajstić information content (AvgIpc) is 2.76. The van der Waals surface area contributed by atoms with E-state index in [9.17, 15) is 22.7 Å². The molecular weight excluding hydrogens is 468 g/mol. The fourth-order valence-electron chi connectivity index (χ4n) is 3.70. The number of pyridine rings is 1. The molecule has 0 saturated carbocycles. The molecular formula is C26H27ClF4N2O. The average molecular weight is 495 g/mol. The number of rotatable bonds is 7. The van der Waals surface area contributed by atoms with Crippen molar-refractivity contribution in [2.75, 3.05) is 6.54 Å². The molecule has 0 radical (unpaired) electrons. The van der Waals surface area contributed by atoms with Gasteiger partial charge in [0.25, 0.3) is 0 Å². The third-order valence-electron chi connectivity index (χ3n) is 5.79. The van der Waals surface area contributed by atoms with E-state index in [1.54, 1.807) is 12.1 Å². The number of hydrogen-bond donors (Lipinski definition) is 2. The molecule has 182 valence electrons. The lowest BCUT2D eigenvalue weighted by atomic mass is 9.79. The second-order valence-corrected chi connectivity index (χ2v) is 9.85. The van der Waals surface area contributed by atoms with E-state index in [-0.39, 0.29) is 18.5 Å². The van der Waals surface area contributed by atoms with Crippen LogP contribution in [0.25, 0.3) is 0 Å². The highest BCUT2D eigenvalue weighted by Gasteiger charge is 2.40. The van der Waals surface area contributed by atoms with Crippen molar-refractivity contribution in [3.8, 4) is 0 Å². The van der Waals surface area contributed by atoms with Crippen molar-refractivity contribution < 1.29 is 22.7 Å². The maximum Gasteiger partial charge on any atom is 0.416 e. The predicted octanol–water partition coefficient (Wildman–Crippen LogP) is 6.38. The summed E-state index contributed by atoms with van der Waals surface area (Å²) >= 11 is 6.03. The molecule has 0 amide bonds. The largest absolute Gasteiger partial charge is 0.416 e. The molecule has 3 nitrogen and oxygen atoms in total. The summed E-state index contributed by atoms with van der Waals surface area (Å²) < 4.78 is 55.5. The molecule has 3 rings (SSSR count). The molecule has 1 heterocycles. The summed E-state index contributed by atoms with van der Waals surface area (Å²) in [6.07, 6.45) is -4.04. The van der Waals surface area contributed by atoms with Crippen LogP contribution in [0.15, 0.2) is 66.9 Å². The Bertz CT molecular complexity index is 1100. The zero-order chi connectivity index (χ0) is 25.1. The zero-order valence-corrected chi connectivity index (χ0v) is 19.9. The first kappa shape index (κ1) is 26.1. The number of nitrogens with one attached hydrogen (secondary N) is 1. The van der Waals surface area contributed by atoms with Gasteiger partial charge in [-0.05, 0) is 46.9 Å². The van der Waals surface area contributed by atoms with Crippen LogP contribution in [0.2, 0.25) is 5.02 Å². The van der Waals surface area contributed by atoms with E-state index in [1.807, 2.05) is 51.1 Å². The van der Waals surface area contributed by atoms with Gasteiger partial charge in [0, 0.05) is 19.2 Å². The Labute approximate surface area is 201 Å². The highest BCUT2D eigenvalue weighted by molar-refractivity contribution is 6.30. The molecule has 2 atom stereocenters. The number of halogens is 5. The van der Waals surface area contributed by atoms with Crippen LogP contribution >= 0.6 is 11.6 Å². The van der Waals surface area contributed by atoms with Crippen LogP contribution in [0, 0.1) is 11.2 Å². The van der Waals surface area contributed by atoms with Gasteiger partial charge in [-0.3, -0.25) is 10.3 Å². The van der Waals surface area contributed by atoms with E-state index in [4.69, 9.17) is 11.6 Å². The first-order chi connectivity index (χ1) is 15.8. The maximum absolute atomic E-state index is 14.6. The lowest BCUT2D eigenvalue weighted by Crippen LogP contribution is -2.51. The molecule has 0 aliphatic heterocycles. The molecule has 8 heteroatoms. The lowest BCUT2D eigenvalue weighted by Gasteiger charge is -2.38. The van der Waals surface area contributed by atoms with Gasteiger partial charge in [0.1, 0.15) is 5.82 Å². The summed E-state index contributed by atoms with van der Waals surface area (Å²) in [4.78, 5) is 4.41. The first-order valence-corrected chi connectivity index (χ1v) is 11.2. The smallest absolute Gasteiger partial charge is 0.391 e. The van der Waals surface area contributed by atoms with Gasteiger partial charge in [-0.25, -0.2) is 4.39 Å². The van der Waals surface area contributed by atoms with Gasteiger partial charge in [-0.2, -0.15) is 13.2 Å². The number of nitrogens with zero attached hydrogens (tertiary/aromatic N) is 1. The fraction of sp³-hybridized carbons (Fsp3) is 0.346. The topological polar surface area (TPSA) is 45.1 Å². The summed E-state index contributed by atoms with van der Waals surface area (Å²) in [5, 5.41) is 14.3. The summed E-state index contributed by atoms with van der Waals surface area (Å²) in [5.74, 6) is -1.02. The van der Waals surface area contributed by atoms with Crippen LogP contribution in [0.3, 0.4) is 0 Å². The number of aliphatic hydroxyl groups excluding tert-OH is 1. The van der Waals surface area contributed by atoms with E-state index < -0.39 is 34.6 Å². The molecule has 0 aliphatic carbocycles. The summed E-state index contributed by atoms with van der Waals surface area (Å²) in [6, 6.07) is 14.8. The third-order valence-corrected chi connectivity index (χ3v) is 6.02. The van der Waals surface area contributed by atoms with Crippen LogP contribution in [0.4, 0.5) is 17.6 Å². The van der Waals surface area contributed by atoms with Crippen molar-refractivity contribution in [2.24, 2.45) is 5.41 Å². The molecule has 2 aromatic carbocycles. The number of aliphatic hydroxyl groups is 1. The van der Waals surface area contributed by atoms with Gasteiger partial charge in [0.05, 0.1) is 27.9 Å². The zero-order valence-electron chi connectivity index (χ0n) is 19.1.